The van der Waals surface area contributed by atoms with Crippen LogP contribution in [0.1, 0.15) is 25.3 Å². The van der Waals surface area contributed by atoms with Crippen LogP contribution in [-0.4, -0.2) is 29.7 Å². The maximum Gasteiger partial charge on any atom is 0.290 e. The van der Waals surface area contributed by atoms with Gasteiger partial charge in [-0.1, -0.05) is 37.3 Å². The standard InChI is InChI=1S/C15H19NO2/c1-12-7-9-16(10-8-12)15(18)14(17)11-13-5-3-2-4-6-13/h2-6,12H,7-11H2,1H3. The minimum atomic E-state index is -0.314. The molecule has 1 amide bonds. The Morgan fingerprint density at radius 1 is 1.17 bits per heavy atom. The topological polar surface area (TPSA) is 37.4 Å². The van der Waals surface area contributed by atoms with Crippen molar-refractivity contribution in [3.8, 4) is 0 Å². The van der Waals surface area contributed by atoms with Gasteiger partial charge >= 0.3 is 0 Å². The van der Waals surface area contributed by atoms with Gasteiger partial charge in [-0.2, -0.15) is 0 Å². The molecule has 0 bridgehead atoms. The molecule has 1 aliphatic rings. The number of nitrogens with zero attached hydrogens (tertiary/aromatic N) is 1. The van der Waals surface area contributed by atoms with Gasteiger partial charge in [-0.05, 0) is 24.3 Å². The minimum Gasteiger partial charge on any atom is -0.336 e. The number of amides is 1. The van der Waals surface area contributed by atoms with Crippen LogP contribution in [0.15, 0.2) is 30.3 Å². The van der Waals surface area contributed by atoms with Gasteiger partial charge in [0.05, 0.1) is 0 Å². The van der Waals surface area contributed by atoms with Gasteiger partial charge in [0.15, 0.2) is 0 Å². The largest absolute Gasteiger partial charge is 0.336 e. The Hall–Kier alpha value is -1.64. The third-order valence-corrected chi connectivity index (χ3v) is 3.52. The number of rotatable bonds is 3. The molecule has 0 aromatic heterocycles. The Morgan fingerprint density at radius 2 is 1.78 bits per heavy atom. The molecule has 0 saturated carbocycles. The Balaban J connectivity index is 1.91. The van der Waals surface area contributed by atoms with Crippen LogP contribution in [-0.2, 0) is 16.0 Å². The van der Waals surface area contributed by atoms with Gasteiger partial charge in [-0.3, -0.25) is 9.59 Å². The molecule has 0 atom stereocenters. The third kappa shape index (κ3) is 3.19. The van der Waals surface area contributed by atoms with Crippen LogP contribution >= 0.6 is 0 Å². The van der Waals surface area contributed by atoms with Crippen molar-refractivity contribution in [2.75, 3.05) is 13.1 Å². The Labute approximate surface area is 108 Å². The first-order valence-electron chi connectivity index (χ1n) is 6.53. The summed E-state index contributed by atoms with van der Waals surface area (Å²) in [5.41, 5.74) is 0.904. The third-order valence-electron chi connectivity index (χ3n) is 3.52. The highest BCUT2D eigenvalue weighted by Crippen LogP contribution is 2.16. The zero-order valence-electron chi connectivity index (χ0n) is 10.8. The number of benzene rings is 1. The van der Waals surface area contributed by atoms with Gasteiger partial charge in [-0.25, -0.2) is 0 Å². The van der Waals surface area contributed by atoms with Gasteiger partial charge in [0, 0.05) is 19.5 Å². The first-order valence-corrected chi connectivity index (χ1v) is 6.53. The van der Waals surface area contributed by atoms with Gasteiger partial charge in [0.25, 0.3) is 5.91 Å². The smallest absolute Gasteiger partial charge is 0.290 e. The lowest BCUT2D eigenvalue weighted by atomic mass is 9.98. The fraction of sp³-hybridized carbons (Fsp3) is 0.467. The van der Waals surface area contributed by atoms with Crippen LogP contribution < -0.4 is 0 Å². The molecule has 1 aliphatic heterocycles. The summed E-state index contributed by atoms with van der Waals surface area (Å²) < 4.78 is 0. The van der Waals surface area contributed by atoms with Crippen molar-refractivity contribution in [2.24, 2.45) is 5.92 Å². The minimum absolute atomic E-state index is 0.214. The van der Waals surface area contributed by atoms with E-state index in [0.29, 0.717) is 5.92 Å². The van der Waals surface area contributed by atoms with E-state index in [2.05, 4.69) is 6.92 Å². The Kier molecular flexibility index (Phi) is 4.13. The fourth-order valence-corrected chi connectivity index (χ4v) is 2.24. The highest BCUT2D eigenvalue weighted by atomic mass is 16.2. The van der Waals surface area contributed by atoms with Crippen LogP contribution in [0.2, 0.25) is 0 Å². The Bertz CT molecular complexity index is 419. The number of ketones is 1. The molecule has 3 heteroatoms. The van der Waals surface area contributed by atoms with E-state index >= 15 is 0 Å². The molecule has 0 radical (unpaired) electrons. The molecule has 1 fully saturated rings. The number of hydrogen-bond donors (Lipinski definition) is 0. The van der Waals surface area contributed by atoms with Gasteiger partial charge in [0.1, 0.15) is 0 Å². The monoisotopic (exact) mass is 245 g/mol. The second-order valence-corrected chi connectivity index (χ2v) is 5.06. The SMILES string of the molecule is CC1CCN(C(=O)C(=O)Cc2ccccc2)CC1. The molecule has 18 heavy (non-hydrogen) atoms. The van der Waals surface area contributed by atoms with E-state index < -0.39 is 0 Å². The van der Waals surface area contributed by atoms with Crippen LogP contribution in [0.5, 0.6) is 0 Å². The molecule has 3 nitrogen and oxygen atoms in total. The summed E-state index contributed by atoms with van der Waals surface area (Å²) in [5.74, 6) is 0.0554. The number of hydrogen-bond acceptors (Lipinski definition) is 2. The Morgan fingerprint density at radius 3 is 2.39 bits per heavy atom. The van der Waals surface area contributed by atoms with E-state index in [0.717, 1.165) is 31.5 Å². The summed E-state index contributed by atoms with van der Waals surface area (Å²) in [4.78, 5) is 25.6. The van der Waals surface area contributed by atoms with Crippen LogP contribution in [0.25, 0.3) is 0 Å². The molecule has 1 aromatic carbocycles. The van der Waals surface area contributed by atoms with Crippen LogP contribution in [0.3, 0.4) is 0 Å². The van der Waals surface area contributed by atoms with Crippen molar-refractivity contribution in [3.05, 3.63) is 35.9 Å². The van der Waals surface area contributed by atoms with Gasteiger partial charge in [0.2, 0.25) is 5.78 Å². The van der Waals surface area contributed by atoms with Crippen LogP contribution in [0.4, 0.5) is 0 Å². The average Bonchev–Trinajstić information content (AvgIpc) is 2.40. The normalized spacial score (nSPS) is 16.6. The first kappa shape index (κ1) is 12.8. The molecule has 1 saturated heterocycles. The second-order valence-electron chi connectivity index (χ2n) is 5.06. The number of Topliss-reactive ketones (excluding diaryl/α,β-unsaturated/α-hetero) is 1. The maximum absolute atomic E-state index is 12.0. The van der Waals surface area contributed by atoms with Crippen molar-refractivity contribution in [1.82, 2.24) is 4.90 Å². The zero-order valence-corrected chi connectivity index (χ0v) is 10.8. The molecule has 2 rings (SSSR count). The lowest BCUT2D eigenvalue weighted by Crippen LogP contribution is -2.42. The zero-order chi connectivity index (χ0) is 13.0. The summed E-state index contributed by atoms with van der Waals surface area (Å²) in [5, 5.41) is 0. The fourth-order valence-electron chi connectivity index (χ4n) is 2.24. The summed E-state index contributed by atoms with van der Waals surface area (Å²) >= 11 is 0. The predicted molar refractivity (Wildman–Crippen MR) is 70.1 cm³/mol. The highest BCUT2D eigenvalue weighted by Gasteiger charge is 2.25. The number of carbonyl (C=O) groups is 2. The summed E-state index contributed by atoms with van der Waals surface area (Å²) in [6.45, 7) is 3.63. The van der Waals surface area contributed by atoms with Crippen molar-refractivity contribution < 1.29 is 9.59 Å². The van der Waals surface area contributed by atoms with Crippen LogP contribution in [0, 0.1) is 5.92 Å². The molecule has 0 N–H and O–H groups in total. The lowest BCUT2D eigenvalue weighted by Gasteiger charge is -2.29. The van der Waals surface area contributed by atoms with E-state index in [1.54, 1.807) is 4.90 Å². The summed E-state index contributed by atoms with van der Waals surface area (Å²) in [6.07, 6.45) is 2.22. The number of carbonyl (C=O) groups excluding carboxylic acids is 2. The van der Waals surface area contributed by atoms with Crippen molar-refractivity contribution in [3.63, 3.8) is 0 Å². The average molecular weight is 245 g/mol. The summed E-state index contributed by atoms with van der Waals surface area (Å²) in [6, 6.07) is 9.43. The van der Waals surface area contributed by atoms with E-state index in [9.17, 15) is 9.59 Å². The van der Waals surface area contributed by atoms with E-state index in [-0.39, 0.29) is 18.1 Å². The molecular weight excluding hydrogens is 226 g/mol. The predicted octanol–water partition coefficient (Wildman–Crippen LogP) is 2.06. The van der Waals surface area contributed by atoms with Gasteiger partial charge < -0.3 is 4.90 Å². The van der Waals surface area contributed by atoms with Crippen molar-refractivity contribution in [1.29, 1.82) is 0 Å². The number of likely N-dealkylation sites (tertiary alicyclic amines) is 1. The highest BCUT2D eigenvalue weighted by molar-refractivity contribution is 6.36. The lowest BCUT2D eigenvalue weighted by molar-refractivity contribution is -0.145. The van der Waals surface area contributed by atoms with E-state index in [1.807, 2.05) is 30.3 Å². The van der Waals surface area contributed by atoms with Gasteiger partial charge in [-0.15, -0.1) is 0 Å². The molecule has 0 spiro atoms. The quantitative estimate of drug-likeness (QED) is 0.764. The molecule has 96 valence electrons. The first-order chi connectivity index (χ1) is 8.66. The second kappa shape index (κ2) is 5.80. The molecule has 1 aromatic rings. The van der Waals surface area contributed by atoms with E-state index in [1.165, 1.54) is 0 Å². The summed E-state index contributed by atoms with van der Waals surface area (Å²) in [7, 11) is 0. The van der Waals surface area contributed by atoms with Crippen molar-refractivity contribution in [2.45, 2.75) is 26.2 Å². The maximum atomic E-state index is 12.0. The molecular formula is C15H19NO2. The molecule has 0 unspecified atom stereocenters. The van der Waals surface area contributed by atoms with E-state index in [4.69, 9.17) is 0 Å². The number of piperidine rings is 1. The molecule has 1 heterocycles. The van der Waals surface area contributed by atoms with Crippen molar-refractivity contribution >= 4 is 11.7 Å². The molecule has 0 aliphatic carbocycles.